The molecule has 4 aromatic carbocycles. The number of carbonyl (C=O) groups excluding carboxylic acids is 2. The first-order valence-electron chi connectivity index (χ1n) is 12.7. The van der Waals surface area contributed by atoms with Crippen LogP contribution >= 0.6 is 31.9 Å². The van der Waals surface area contributed by atoms with Crippen LogP contribution in [0.5, 0.6) is 0 Å². The minimum absolute atomic E-state index is 0. The van der Waals surface area contributed by atoms with Gasteiger partial charge >= 0.3 is 11.9 Å². The Hall–Kier alpha value is -3.30. The number of benzene rings is 4. The number of fused-ring (bicyclic) bond motifs is 16. The molecule has 4 atom stereocenters. The zero-order chi connectivity index (χ0) is 27.7. The van der Waals surface area contributed by atoms with E-state index < -0.39 is 0 Å². The minimum Gasteiger partial charge on any atom is -0.465 e. The molecule has 8 heteroatoms. The Bertz CT molecular complexity index is 1730. The summed E-state index contributed by atoms with van der Waals surface area (Å²) in [6.45, 7) is 0. The molecule has 4 aliphatic heterocycles. The van der Waals surface area contributed by atoms with Gasteiger partial charge < -0.3 is 18.9 Å². The van der Waals surface area contributed by atoms with Crippen molar-refractivity contribution in [3.05, 3.63) is 137 Å². The summed E-state index contributed by atoms with van der Waals surface area (Å²) in [6.07, 6.45) is -0.172. The van der Waals surface area contributed by atoms with Gasteiger partial charge in [-0.3, -0.25) is 0 Å². The van der Waals surface area contributed by atoms with Gasteiger partial charge in [-0.15, -0.1) is 0 Å². The molecule has 0 aromatic heterocycles. The summed E-state index contributed by atoms with van der Waals surface area (Å²) >= 11 is 7.00. The topological polar surface area (TPSA) is 71.1 Å². The van der Waals surface area contributed by atoms with Crippen LogP contribution in [0.25, 0.3) is 0 Å². The first-order valence-corrected chi connectivity index (χ1v) is 14.3. The summed E-state index contributed by atoms with van der Waals surface area (Å²) in [6, 6.07) is 23.7. The monoisotopic (exact) mass is 676 g/mol. The maximum Gasteiger partial charge on any atom is 0.337 e. The summed E-state index contributed by atoms with van der Waals surface area (Å²) in [5, 5.41) is 0. The predicted molar refractivity (Wildman–Crippen MR) is 160 cm³/mol. The average Bonchev–Trinajstić information content (AvgIpc) is 3.74. The van der Waals surface area contributed by atoms with Crippen molar-refractivity contribution in [2.45, 2.75) is 31.8 Å². The van der Waals surface area contributed by atoms with Crippen LogP contribution in [0.2, 0.25) is 0 Å². The fraction of sp³-hybridized carbons (Fsp3) is 0.212. The molecule has 41 heavy (non-hydrogen) atoms. The van der Waals surface area contributed by atoms with E-state index in [4.69, 9.17) is 18.9 Å². The van der Waals surface area contributed by atoms with Crippen LogP contribution in [-0.4, -0.2) is 26.2 Å². The molecular weight excluding hydrogens is 652 g/mol. The van der Waals surface area contributed by atoms with Gasteiger partial charge in [-0.1, -0.05) is 63.6 Å². The number of ether oxygens (including phenoxy) is 4. The summed E-state index contributed by atoms with van der Waals surface area (Å²) in [5.41, 5.74) is 10.4. The molecule has 0 fully saturated rings. The predicted octanol–water partition coefficient (Wildman–Crippen LogP) is 8.15. The Morgan fingerprint density at radius 2 is 0.854 bits per heavy atom. The van der Waals surface area contributed by atoms with E-state index in [0.29, 0.717) is 11.1 Å². The van der Waals surface area contributed by atoms with E-state index in [1.165, 1.54) is 36.5 Å². The van der Waals surface area contributed by atoms with Gasteiger partial charge in [0.25, 0.3) is 0 Å². The number of halogens is 2. The molecule has 0 radical (unpaired) electrons. The molecule has 8 rings (SSSR count). The SMILES string of the molecule is C.COC(=O)c1ccc2c(c1)C1OC2c2cc(Br)ccc21.COC(=O)c1ccc2c(c1)C1OC2c2ccc(Br)cc21. The molecule has 6 nitrogen and oxygen atoms in total. The fourth-order valence-corrected chi connectivity index (χ4v) is 6.88. The number of hydrogen-bond donors (Lipinski definition) is 0. The first-order chi connectivity index (χ1) is 19.4. The van der Waals surface area contributed by atoms with E-state index in [0.717, 1.165) is 31.2 Å². The van der Waals surface area contributed by atoms with Crippen LogP contribution in [0, 0.1) is 0 Å². The molecule has 0 saturated carbocycles. The van der Waals surface area contributed by atoms with E-state index in [1.54, 1.807) is 12.1 Å². The quantitative estimate of drug-likeness (QED) is 0.200. The van der Waals surface area contributed by atoms with Gasteiger partial charge in [0.1, 0.15) is 24.4 Å². The lowest BCUT2D eigenvalue weighted by Gasteiger charge is -2.16. The number of esters is 2. The van der Waals surface area contributed by atoms with Crippen LogP contribution in [0.4, 0.5) is 0 Å². The molecule has 4 aliphatic rings. The summed E-state index contributed by atoms with van der Waals surface area (Å²) in [7, 11) is 2.79. The summed E-state index contributed by atoms with van der Waals surface area (Å²) < 4.78 is 23.8. The van der Waals surface area contributed by atoms with Crippen LogP contribution < -0.4 is 0 Å². The van der Waals surface area contributed by atoms with Gasteiger partial charge in [-0.2, -0.15) is 0 Å². The highest BCUT2D eigenvalue weighted by Gasteiger charge is 2.44. The molecule has 4 unspecified atom stereocenters. The molecule has 4 bridgehead atoms. The summed E-state index contributed by atoms with van der Waals surface area (Å²) in [4.78, 5) is 23.3. The smallest absolute Gasteiger partial charge is 0.337 e. The standard InChI is InChI=1S/2C16H11BrO3.CH4/c1-19-16(18)8-2-4-10-12(6-8)14-11-5-3-9(17)7-13(11)15(10)20-14;1-19-16(18)8-2-4-10-12(6-8)15-13-7-9(17)3-5-11(13)14(10)20-15;/h2*2-7,14-15H,1H3;1H4. The number of rotatable bonds is 2. The molecule has 0 spiro atoms. The fourth-order valence-electron chi connectivity index (χ4n) is 6.12. The second-order valence-electron chi connectivity index (χ2n) is 10.0. The van der Waals surface area contributed by atoms with Crippen molar-refractivity contribution in [3.8, 4) is 0 Å². The largest absolute Gasteiger partial charge is 0.465 e. The Morgan fingerprint density at radius 3 is 1.24 bits per heavy atom. The number of carbonyl (C=O) groups is 2. The Balaban J connectivity index is 0.000000144. The van der Waals surface area contributed by atoms with Crippen molar-refractivity contribution >= 4 is 43.8 Å². The molecule has 4 aromatic rings. The van der Waals surface area contributed by atoms with E-state index in [-0.39, 0.29) is 43.8 Å². The third kappa shape index (κ3) is 4.36. The molecule has 208 valence electrons. The number of methoxy groups -OCH3 is 2. The molecule has 4 heterocycles. The molecular formula is C33H26Br2O6. The van der Waals surface area contributed by atoms with Crippen LogP contribution in [-0.2, 0) is 18.9 Å². The van der Waals surface area contributed by atoms with Crippen molar-refractivity contribution < 1.29 is 28.5 Å². The van der Waals surface area contributed by atoms with E-state index in [9.17, 15) is 9.59 Å². The zero-order valence-electron chi connectivity index (χ0n) is 21.4. The van der Waals surface area contributed by atoms with Gasteiger partial charge in [0.05, 0.1) is 25.3 Å². The van der Waals surface area contributed by atoms with Gasteiger partial charge in [0.15, 0.2) is 0 Å². The highest BCUT2D eigenvalue weighted by atomic mass is 79.9. The molecule has 0 N–H and O–H groups in total. The second-order valence-corrected chi connectivity index (χ2v) is 11.8. The minimum atomic E-state index is -0.315. The molecule has 0 aliphatic carbocycles. The Kier molecular flexibility index (Phi) is 7.14. The highest BCUT2D eigenvalue weighted by molar-refractivity contribution is 9.10. The van der Waals surface area contributed by atoms with Gasteiger partial charge in [-0.05, 0) is 93.0 Å². The van der Waals surface area contributed by atoms with Crippen LogP contribution in [0.1, 0.15) is 97.1 Å². The van der Waals surface area contributed by atoms with Crippen molar-refractivity contribution in [1.82, 2.24) is 0 Å². The van der Waals surface area contributed by atoms with Gasteiger partial charge in [0, 0.05) is 8.95 Å². The summed E-state index contributed by atoms with van der Waals surface area (Å²) in [5.74, 6) is -0.628. The third-order valence-corrected chi connectivity index (χ3v) is 8.90. The van der Waals surface area contributed by atoms with Crippen molar-refractivity contribution in [1.29, 1.82) is 0 Å². The van der Waals surface area contributed by atoms with Crippen LogP contribution in [0.15, 0.2) is 81.7 Å². The Labute approximate surface area is 254 Å². The lowest BCUT2D eigenvalue weighted by atomic mass is 9.85. The Morgan fingerprint density at radius 1 is 0.537 bits per heavy atom. The van der Waals surface area contributed by atoms with Gasteiger partial charge in [-0.25, -0.2) is 9.59 Å². The number of hydrogen-bond acceptors (Lipinski definition) is 6. The van der Waals surface area contributed by atoms with E-state index >= 15 is 0 Å². The van der Waals surface area contributed by atoms with Crippen molar-refractivity contribution in [2.75, 3.05) is 14.2 Å². The van der Waals surface area contributed by atoms with Crippen molar-refractivity contribution in [2.24, 2.45) is 0 Å². The molecule has 0 saturated heterocycles. The molecule has 0 amide bonds. The lowest BCUT2D eigenvalue weighted by Crippen LogP contribution is -2.07. The zero-order valence-corrected chi connectivity index (χ0v) is 24.6. The van der Waals surface area contributed by atoms with E-state index in [2.05, 4.69) is 56.1 Å². The maximum atomic E-state index is 11.6. The highest BCUT2D eigenvalue weighted by Crippen LogP contribution is 2.55. The third-order valence-electron chi connectivity index (χ3n) is 7.92. The van der Waals surface area contributed by atoms with Crippen molar-refractivity contribution in [3.63, 3.8) is 0 Å². The van der Waals surface area contributed by atoms with E-state index in [1.807, 2.05) is 36.4 Å². The average molecular weight is 678 g/mol. The lowest BCUT2D eigenvalue weighted by molar-refractivity contribution is 0.0591. The first kappa shape index (κ1) is 27.8. The van der Waals surface area contributed by atoms with Gasteiger partial charge in [0.2, 0.25) is 0 Å². The normalized spacial score (nSPS) is 21.0. The maximum absolute atomic E-state index is 11.6. The second kappa shape index (κ2) is 10.5. The van der Waals surface area contributed by atoms with Crippen LogP contribution in [0.3, 0.4) is 0 Å².